The number of nitrogens with zero attached hydrogens (tertiary/aromatic N) is 2. The predicted octanol–water partition coefficient (Wildman–Crippen LogP) is 18.3. The molecule has 2 heteroatoms. The molecule has 0 heterocycles. The van der Waals surface area contributed by atoms with Crippen LogP contribution in [0.4, 0.5) is 34.1 Å². The Morgan fingerprint density at radius 1 is 0.279 bits per heavy atom. The third kappa shape index (κ3) is 5.89. The first kappa shape index (κ1) is 39.5. The first-order valence-electron chi connectivity index (χ1n) is 24.9. The molecule has 68 heavy (non-hydrogen) atoms. The lowest BCUT2D eigenvalue weighted by atomic mass is 9.76. The molecule has 14 rings (SSSR count). The maximum atomic E-state index is 2.53. The number of benzene rings is 10. The zero-order valence-electron chi connectivity index (χ0n) is 38.3. The number of anilines is 6. The number of hydrogen-bond acceptors (Lipinski definition) is 2. The maximum Gasteiger partial charge on any atom is 0.0465 e. The summed E-state index contributed by atoms with van der Waals surface area (Å²) in [6.45, 7) is 0. The molecule has 2 saturated carbocycles. The Labute approximate surface area is 399 Å². The summed E-state index contributed by atoms with van der Waals surface area (Å²) in [5, 5.41) is 5.39. The molecule has 10 aromatic rings. The van der Waals surface area contributed by atoms with E-state index in [0.29, 0.717) is 0 Å². The van der Waals surface area contributed by atoms with Crippen LogP contribution >= 0.6 is 0 Å². The molecule has 0 bridgehead atoms. The van der Waals surface area contributed by atoms with Crippen LogP contribution in [0.5, 0.6) is 0 Å². The van der Waals surface area contributed by atoms with Gasteiger partial charge in [0.1, 0.15) is 0 Å². The van der Waals surface area contributed by atoms with Gasteiger partial charge in [-0.05, 0) is 176 Å². The normalized spacial score (nSPS) is 15.7. The Kier molecular flexibility index (Phi) is 8.96. The summed E-state index contributed by atoms with van der Waals surface area (Å²) in [4.78, 5) is 4.89. The predicted molar refractivity (Wildman–Crippen MR) is 286 cm³/mol. The lowest BCUT2D eigenvalue weighted by Crippen LogP contribution is -2.21. The highest BCUT2D eigenvalue weighted by Crippen LogP contribution is 2.61. The van der Waals surface area contributed by atoms with Crippen molar-refractivity contribution >= 4 is 55.7 Å². The van der Waals surface area contributed by atoms with Gasteiger partial charge in [0.05, 0.1) is 0 Å². The average Bonchev–Trinajstić information content (AvgIpc) is 4.22. The van der Waals surface area contributed by atoms with Gasteiger partial charge in [0.2, 0.25) is 0 Å². The van der Waals surface area contributed by atoms with Crippen molar-refractivity contribution in [3.8, 4) is 33.4 Å². The van der Waals surface area contributed by atoms with Crippen LogP contribution in [-0.2, 0) is 10.8 Å². The van der Waals surface area contributed by atoms with E-state index in [2.05, 4.69) is 228 Å². The van der Waals surface area contributed by atoms with Gasteiger partial charge in [0.15, 0.2) is 0 Å². The van der Waals surface area contributed by atoms with Crippen LogP contribution in [0.1, 0.15) is 73.6 Å². The number of para-hydroxylation sites is 2. The van der Waals surface area contributed by atoms with Gasteiger partial charge in [0, 0.05) is 45.0 Å². The quantitative estimate of drug-likeness (QED) is 0.157. The molecule has 0 N–H and O–H groups in total. The molecule has 0 unspecified atom stereocenters. The van der Waals surface area contributed by atoms with Gasteiger partial charge >= 0.3 is 0 Å². The van der Waals surface area contributed by atoms with Crippen molar-refractivity contribution in [1.82, 2.24) is 0 Å². The first-order valence-corrected chi connectivity index (χ1v) is 24.9. The maximum absolute atomic E-state index is 2.53. The van der Waals surface area contributed by atoms with E-state index in [0.717, 1.165) is 22.7 Å². The SMILES string of the molecule is c1ccc(N(c2ccc(-c3ccc(N(c4ccccc4)c4ccc5c(c4)C4(CCCC4)c4ccc6ccccc6c4-5)cc3)cc2)c2ccc3c(c2)C2(CCCC2)c2ccc4ccccc4c2-3)cc1. The molecule has 0 amide bonds. The minimum Gasteiger partial charge on any atom is -0.310 e. The summed E-state index contributed by atoms with van der Waals surface area (Å²) in [5.74, 6) is 0. The number of fused-ring (bicyclic) bond motifs is 14. The highest BCUT2D eigenvalue weighted by molar-refractivity contribution is 6.04. The van der Waals surface area contributed by atoms with Crippen molar-refractivity contribution in [3.63, 3.8) is 0 Å². The smallest absolute Gasteiger partial charge is 0.0465 e. The van der Waals surface area contributed by atoms with Crippen LogP contribution in [0.15, 0.2) is 218 Å². The summed E-state index contributed by atoms with van der Waals surface area (Å²) in [6, 6.07) is 82.3. The van der Waals surface area contributed by atoms with Crippen LogP contribution < -0.4 is 9.80 Å². The first-order chi connectivity index (χ1) is 33.7. The second-order valence-electron chi connectivity index (χ2n) is 19.9. The van der Waals surface area contributed by atoms with Crippen molar-refractivity contribution < 1.29 is 0 Å². The molecule has 10 aromatic carbocycles. The molecule has 0 saturated heterocycles. The minimum atomic E-state index is 0.0685. The number of rotatable bonds is 7. The minimum absolute atomic E-state index is 0.0685. The number of hydrogen-bond donors (Lipinski definition) is 0. The van der Waals surface area contributed by atoms with E-state index in [1.54, 1.807) is 0 Å². The van der Waals surface area contributed by atoms with E-state index >= 15 is 0 Å². The van der Waals surface area contributed by atoms with Crippen molar-refractivity contribution in [2.24, 2.45) is 0 Å². The van der Waals surface area contributed by atoms with Gasteiger partial charge < -0.3 is 9.80 Å². The summed E-state index contributed by atoms with van der Waals surface area (Å²) < 4.78 is 0. The summed E-state index contributed by atoms with van der Waals surface area (Å²) in [5.41, 5.74) is 21.3. The zero-order valence-corrected chi connectivity index (χ0v) is 38.3. The van der Waals surface area contributed by atoms with Gasteiger partial charge in [-0.2, -0.15) is 0 Å². The Hall–Kier alpha value is -7.68. The van der Waals surface area contributed by atoms with E-state index < -0.39 is 0 Å². The van der Waals surface area contributed by atoms with E-state index in [4.69, 9.17) is 0 Å². The van der Waals surface area contributed by atoms with Crippen LogP contribution in [0.3, 0.4) is 0 Å². The van der Waals surface area contributed by atoms with E-state index in [1.807, 2.05) is 0 Å². The molecule has 2 fully saturated rings. The second kappa shape index (κ2) is 15.4. The van der Waals surface area contributed by atoms with Crippen molar-refractivity contribution in [2.45, 2.75) is 62.2 Å². The second-order valence-corrected chi connectivity index (χ2v) is 19.9. The van der Waals surface area contributed by atoms with Crippen LogP contribution in [-0.4, -0.2) is 0 Å². The van der Waals surface area contributed by atoms with Crippen LogP contribution in [0.2, 0.25) is 0 Å². The topological polar surface area (TPSA) is 6.48 Å². The standard InChI is InChI=1S/C66H52N2/c1-3-17-49(18-4-1)67(53-33-35-57-61(43-53)65(39-11-12-40-65)59-37-27-47-15-7-9-21-55(47)63(57)59)51-29-23-45(24-30-51)46-25-31-52(32-26-46)68(50-19-5-2-6-20-50)54-34-36-58-62(44-54)66(41-13-14-42-66)60-38-28-48-16-8-10-22-56(48)64(58)60/h1-10,15-38,43-44H,11-14,39-42H2. The fourth-order valence-electron chi connectivity index (χ4n) is 13.5. The highest BCUT2D eigenvalue weighted by Gasteiger charge is 2.47. The lowest BCUT2D eigenvalue weighted by molar-refractivity contribution is 0.550. The molecule has 0 atom stereocenters. The molecule has 0 radical (unpaired) electrons. The Bertz CT molecular complexity index is 3320. The van der Waals surface area contributed by atoms with E-state index in [1.165, 1.54) is 140 Å². The highest BCUT2D eigenvalue weighted by atomic mass is 15.1. The largest absolute Gasteiger partial charge is 0.310 e. The summed E-state index contributed by atoms with van der Waals surface area (Å²) >= 11 is 0. The zero-order chi connectivity index (χ0) is 44.8. The Morgan fingerprint density at radius 3 is 1.04 bits per heavy atom. The fraction of sp³-hybridized carbons (Fsp3) is 0.152. The molecular weight excluding hydrogens is 821 g/mol. The lowest BCUT2D eigenvalue weighted by Gasteiger charge is -2.30. The molecular formula is C66H52N2. The van der Waals surface area contributed by atoms with Crippen molar-refractivity contribution in [2.75, 3.05) is 9.80 Å². The fourth-order valence-corrected chi connectivity index (χ4v) is 13.5. The van der Waals surface area contributed by atoms with Crippen LogP contribution in [0.25, 0.3) is 54.9 Å². The van der Waals surface area contributed by atoms with Gasteiger partial charge in [-0.3, -0.25) is 0 Å². The third-order valence-electron chi connectivity index (χ3n) is 16.5. The van der Waals surface area contributed by atoms with Gasteiger partial charge in [-0.1, -0.05) is 171 Å². The molecule has 0 aromatic heterocycles. The summed E-state index contributed by atoms with van der Waals surface area (Å²) in [7, 11) is 0. The van der Waals surface area contributed by atoms with E-state index in [9.17, 15) is 0 Å². The van der Waals surface area contributed by atoms with E-state index in [-0.39, 0.29) is 10.8 Å². The molecule has 4 aliphatic carbocycles. The van der Waals surface area contributed by atoms with Gasteiger partial charge in [-0.15, -0.1) is 0 Å². The summed E-state index contributed by atoms with van der Waals surface area (Å²) in [6.07, 6.45) is 9.90. The van der Waals surface area contributed by atoms with Crippen molar-refractivity contribution in [3.05, 3.63) is 241 Å². The van der Waals surface area contributed by atoms with Gasteiger partial charge in [0.25, 0.3) is 0 Å². The molecule has 326 valence electrons. The molecule has 2 spiro atoms. The van der Waals surface area contributed by atoms with Gasteiger partial charge in [-0.25, -0.2) is 0 Å². The van der Waals surface area contributed by atoms with Crippen molar-refractivity contribution in [1.29, 1.82) is 0 Å². The van der Waals surface area contributed by atoms with Crippen LogP contribution in [0, 0.1) is 0 Å². The molecule has 0 aliphatic heterocycles. The third-order valence-corrected chi connectivity index (χ3v) is 16.5. The monoisotopic (exact) mass is 872 g/mol. The molecule has 4 aliphatic rings. The Morgan fingerprint density at radius 2 is 0.632 bits per heavy atom. The average molecular weight is 873 g/mol. The Balaban J connectivity index is 0.816. The molecule has 2 nitrogen and oxygen atoms in total.